The molecule has 0 radical (unpaired) electrons. The zero-order valence-electron chi connectivity index (χ0n) is 11.1. The van der Waals surface area contributed by atoms with E-state index >= 15 is 0 Å². The highest BCUT2D eigenvalue weighted by molar-refractivity contribution is 6.37. The van der Waals surface area contributed by atoms with Crippen LogP contribution in [0.4, 0.5) is 5.69 Å². The Morgan fingerprint density at radius 1 is 1.43 bits per heavy atom. The molecule has 9 heteroatoms. The highest BCUT2D eigenvalue weighted by Gasteiger charge is 2.20. The number of aryl methyl sites for hydroxylation is 2. The van der Waals surface area contributed by atoms with Crippen LogP contribution >= 0.6 is 23.2 Å². The van der Waals surface area contributed by atoms with Crippen LogP contribution in [0.1, 0.15) is 11.3 Å². The first-order valence-electron chi connectivity index (χ1n) is 5.79. The molecule has 0 unspecified atom stereocenters. The number of benzene rings is 1. The lowest BCUT2D eigenvalue weighted by Gasteiger charge is -2.10. The van der Waals surface area contributed by atoms with Crippen LogP contribution in [-0.2, 0) is 13.7 Å². The fourth-order valence-electron chi connectivity index (χ4n) is 1.84. The summed E-state index contributed by atoms with van der Waals surface area (Å²) in [5.74, 6) is 0.342. The molecule has 7 nitrogen and oxygen atoms in total. The molecule has 0 saturated heterocycles. The van der Waals surface area contributed by atoms with Gasteiger partial charge in [0.25, 0.3) is 5.69 Å². The van der Waals surface area contributed by atoms with Crippen LogP contribution in [-0.4, -0.2) is 19.8 Å². The van der Waals surface area contributed by atoms with E-state index in [1.165, 1.54) is 4.68 Å². The molecule has 0 spiro atoms. The Labute approximate surface area is 129 Å². The Morgan fingerprint density at radius 2 is 2.00 bits per heavy atom. The third-order valence-electron chi connectivity index (χ3n) is 2.84. The Kier molecular flexibility index (Phi) is 4.36. The van der Waals surface area contributed by atoms with Crippen LogP contribution in [0, 0.1) is 17.0 Å². The van der Waals surface area contributed by atoms with Crippen molar-refractivity contribution in [1.29, 1.82) is 0 Å². The molecule has 0 atom stereocenters. The summed E-state index contributed by atoms with van der Waals surface area (Å²) in [6, 6.07) is 2.29. The van der Waals surface area contributed by atoms with E-state index in [1.807, 2.05) is 0 Å². The van der Waals surface area contributed by atoms with Crippen molar-refractivity contribution in [3.8, 4) is 11.6 Å². The lowest BCUT2D eigenvalue weighted by atomic mass is 10.2. The van der Waals surface area contributed by atoms with Gasteiger partial charge in [-0.15, -0.1) is 0 Å². The number of hydrogen-bond acceptors (Lipinski definition) is 5. The number of non-ortho nitro benzene ring substituents is 1. The summed E-state index contributed by atoms with van der Waals surface area (Å²) < 4.78 is 7.03. The summed E-state index contributed by atoms with van der Waals surface area (Å²) in [7, 11) is 1.63. The van der Waals surface area contributed by atoms with Crippen molar-refractivity contribution >= 4 is 28.9 Å². The summed E-state index contributed by atoms with van der Waals surface area (Å²) in [6.07, 6.45) is 0. The van der Waals surface area contributed by atoms with Crippen molar-refractivity contribution in [2.24, 2.45) is 7.05 Å². The molecular formula is C12H11Cl2N3O4. The molecule has 112 valence electrons. The number of nitrogens with zero attached hydrogens (tertiary/aromatic N) is 3. The van der Waals surface area contributed by atoms with Crippen molar-refractivity contribution < 1.29 is 14.8 Å². The van der Waals surface area contributed by atoms with E-state index in [0.29, 0.717) is 11.3 Å². The third-order valence-corrected chi connectivity index (χ3v) is 3.40. The molecule has 1 N–H and O–H groups in total. The number of aliphatic hydroxyl groups is 1. The van der Waals surface area contributed by atoms with Gasteiger partial charge in [-0.05, 0) is 6.92 Å². The first-order valence-corrected chi connectivity index (χ1v) is 6.55. The number of halogens is 2. The van der Waals surface area contributed by atoms with Gasteiger partial charge in [-0.25, -0.2) is 4.68 Å². The molecule has 0 amide bonds. The van der Waals surface area contributed by atoms with Crippen LogP contribution in [0.5, 0.6) is 11.6 Å². The summed E-state index contributed by atoms with van der Waals surface area (Å²) in [5.41, 5.74) is 0.855. The smallest absolute Gasteiger partial charge is 0.272 e. The molecule has 0 aliphatic heterocycles. The number of nitro benzene ring substituents is 1. The Balaban J connectivity index is 2.48. The largest absolute Gasteiger partial charge is 0.436 e. The second kappa shape index (κ2) is 5.88. The Morgan fingerprint density at radius 3 is 2.48 bits per heavy atom. The van der Waals surface area contributed by atoms with Crippen LogP contribution in [0.15, 0.2) is 12.1 Å². The quantitative estimate of drug-likeness (QED) is 0.686. The maximum atomic E-state index is 10.7. The molecule has 1 aromatic carbocycles. The molecular weight excluding hydrogens is 321 g/mol. The summed E-state index contributed by atoms with van der Waals surface area (Å²) in [6.45, 7) is 1.45. The minimum atomic E-state index is -0.602. The molecule has 2 aromatic rings. The van der Waals surface area contributed by atoms with Crippen LogP contribution in [0.3, 0.4) is 0 Å². The number of rotatable bonds is 4. The second-order valence-corrected chi connectivity index (χ2v) is 5.06. The van der Waals surface area contributed by atoms with Crippen molar-refractivity contribution in [2.45, 2.75) is 13.5 Å². The molecule has 0 aliphatic carbocycles. The van der Waals surface area contributed by atoms with E-state index in [2.05, 4.69) is 5.10 Å². The van der Waals surface area contributed by atoms with Gasteiger partial charge in [0, 0.05) is 19.2 Å². The fraction of sp³-hybridized carbons (Fsp3) is 0.250. The van der Waals surface area contributed by atoms with Gasteiger partial charge in [-0.3, -0.25) is 10.1 Å². The monoisotopic (exact) mass is 331 g/mol. The van der Waals surface area contributed by atoms with E-state index in [0.717, 1.165) is 12.1 Å². The van der Waals surface area contributed by atoms with Crippen molar-refractivity contribution in [2.75, 3.05) is 0 Å². The molecule has 21 heavy (non-hydrogen) atoms. The molecule has 1 heterocycles. The number of ether oxygens (including phenoxy) is 1. The standard InChI is InChI=1S/C12H11Cl2N3O4/c1-6-8(5-18)12(16(2)15-6)21-11-9(13)3-7(17(19)20)4-10(11)14/h3-4,18H,5H2,1-2H3. The highest BCUT2D eigenvalue weighted by Crippen LogP contribution is 2.40. The van der Waals surface area contributed by atoms with Crippen molar-refractivity contribution in [1.82, 2.24) is 9.78 Å². The summed E-state index contributed by atoms with van der Waals surface area (Å²) in [4.78, 5) is 10.1. The van der Waals surface area contributed by atoms with Gasteiger partial charge < -0.3 is 9.84 Å². The number of hydrogen-bond donors (Lipinski definition) is 1. The Hall–Kier alpha value is -1.83. The lowest BCUT2D eigenvalue weighted by molar-refractivity contribution is -0.384. The van der Waals surface area contributed by atoms with Crippen LogP contribution in [0.2, 0.25) is 10.0 Å². The van der Waals surface area contributed by atoms with E-state index < -0.39 is 4.92 Å². The maximum Gasteiger partial charge on any atom is 0.272 e. The molecule has 2 rings (SSSR count). The van der Waals surface area contributed by atoms with Gasteiger partial charge in [0.15, 0.2) is 5.75 Å². The van der Waals surface area contributed by atoms with Gasteiger partial charge >= 0.3 is 0 Å². The molecule has 0 bridgehead atoms. The van der Waals surface area contributed by atoms with Gasteiger partial charge in [0.2, 0.25) is 5.88 Å². The minimum absolute atomic E-state index is 0.00283. The maximum absolute atomic E-state index is 10.7. The summed E-state index contributed by atoms with van der Waals surface area (Å²) >= 11 is 12.0. The lowest BCUT2D eigenvalue weighted by Crippen LogP contribution is -1.99. The van der Waals surface area contributed by atoms with Crippen LogP contribution < -0.4 is 4.74 Å². The average molecular weight is 332 g/mol. The molecule has 0 fully saturated rings. The zero-order chi connectivity index (χ0) is 15.7. The number of aliphatic hydroxyl groups excluding tert-OH is 1. The fourth-order valence-corrected chi connectivity index (χ4v) is 2.39. The predicted molar refractivity (Wildman–Crippen MR) is 77.1 cm³/mol. The zero-order valence-corrected chi connectivity index (χ0v) is 12.6. The van der Waals surface area contributed by atoms with Gasteiger partial charge in [0.1, 0.15) is 0 Å². The van der Waals surface area contributed by atoms with E-state index in [-0.39, 0.29) is 34.0 Å². The molecule has 1 aromatic heterocycles. The minimum Gasteiger partial charge on any atom is -0.436 e. The highest BCUT2D eigenvalue weighted by atomic mass is 35.5. The first-order chi connectivity index (χ1) is 9.85. The summed E-state index contributed by atoms with van der Waals surface area (Å²) in [5, 5.41) is 24.2. The van der Waals surface area contributed by atoms with Gasteiger partial charge in [0.05, 0.1) is 32.8 Å². The number of aromatic nitrogens is 2. The Bertz CT molecular complexity index is 692. The number of nitro groups is 1. The second-order valence-electron chi connectivity index (χ2n) is 4.25. The van der Waals surface area contributed by atoms with E-state index in [1.54, 1.807) is 14.0 Å². The van der Waals surface area contributed by atoms with E-state index in [4.69, 9.17) is 27.9 Å². The molecule has 0 saturated carbocycles. The predicted octanol–water partition coefficient (Wildman–Crippen LogP) is 3.23. The topological polar surface area (TPSA) is 90.4 Å². The van der Waals surface area contributed by atoms with Gasteiger partial charge in [-0.1, -0.05) is 23.2 Å². The SMILES string of the molecule is Cc1nn(C)c(Oc2c(Cl)cc([N+](=O)[O-])cc2Cl)c1CO. The van der Waals surface area contributed by atoms with Crippen molar-refractivity contribution in [3.05, 3.63) is 43.5 Å². The molecule has 0 aliphatic rings. The average Bonchev–Trinajstić information content (AvgIpc) is 2.67. The third kappa shape index (κ3) is 2.94. The van der Waals surface area contributed by atoms with Crippen molar-refractivity contribution in [3.63, 3.8) is 0 Å². The van der Waals surface area contributed by atoms with Crippen LogP contribution in [0.25, 0.3) is 0 Å². The normalized spacial score (nSPS) is 10.7. The van der Waals surface area contributed by atoms with Gasteiger partial charge in [-0.2, -0.15) is 5.10 Å². The van der Waals surface area contributed by atoms with E-state index in [9.17, 15) is 15.2 Å². The first kappa shape index (κ1) is 15.6.